The van der Waals surface area contributed by atoms with Crippen molar-refractivity contribution in [2.24, 2.45) is 0 Å². The maximum Gasteiger partial charge on any atom is 0.251 e. The number of fused-ring (bicyclic) bond motifs is 1. The van der Waals surface area contributed by atoms with Crippen molar-refractivity contribution < 1.29 is 9.59 Å². The fraction of sp³-hybridized carbons (Fsp3) is 0.167. The molecule has 1 N–H and O–H groups in total. The molecule has 0 aromatic heterocycles. The van der Waals surface area contributed by atoms with Gasteiger partial charge in [-0.3, -0.25) is 9.59 Å². The minimum atomic E-state index is -0.607. The number of hydrogen-bond donors (Lipinski definition) is 1. The molecule has 0 radical (unpaired) electrons. The molecular formula is C24H22N2O2. The predicted molar refractivity (Wildman–Crippen MR) is 109 cm³/mol. The van der Waals surface area contributed by atoms with E-state index in [1.165, 1.54) is 11.1 Å². The Morgan fingerprint density at radius 3 is 1.93 bits per heavy atom. The molecule has 28 heavy (non-hydrogen) atoms. The van der Waals surface area contributed by atoms with Gasteiger partial charge in [0.15, 0.2) is 0 Å². The van der Waals surface area contributed by atoms with Crippen LogP contribution in [0.2, 0.25) is 0 Å². The van der Waals surface area contributed by atoms with E-state index in [9.17, 15) is 9.59 Å². The van der Waals surface area contributed by atoms with Crippen LogP contribution in [0.5, 0.6) is 0 Å². The van der Waals surface area contributed by atoms with Crippen LogP contribution >= 0.6 is 0 Å². The van der Waals surface area contributed by atoms with Gasteiger partial charge in [0, 0.05) is 25.1 Å². The number of carbonyl (C=O) groups excluding carboxylic acids is 2. The number of nitrogens with one attached hydrogen (secondary N) is 1. The van der Waals surface area contributed by atoms with E-state index >= 15 is 0 Å². The highest BCUT2D eigenvalue weighted by Crippen LogP contribution is 2.23. The Hall–Kier alpha value is -3.40. The van der Waals surface area contributed by atoms with Crippen molar-refractivity contribution in [3.8, 4) is 0 Å². The highest BCUT2D eigenvalue weighted by Gasteiger charge is 2.30. The number of carbonyl (C=O) groups is 2. The van der Waals surface area contributed by atoms with Gasteiger partial charge in [0.25, 0.3) is 5.91 Å². The third kappa shape index (κ3) is 3.96. The number of amides is 2. The molecule has 0 aliphatic carbocycles. The SMILES string of the molecule is O=C(NC(Cc1ccccc1)C(=O)N1Cc2ccccc2C1)c1ccccc1. The summed E-state index contributed by atoms with van der Waals surface area (Å²) in [6.07, 6.45) is 0.463. The summed E-state index contributed by atoms with van der Waals surface area (Å²) in [5.74, 6) is -0.282. The molecule has 0 saturated heterocycles. The molecular weight excluding hydrogens is 348 g/mol. The zero-order chi connectivity index (χ0) is 19.3. The molecule has 3 aromatic carbocycles. The van der Waals surface area contributed by atoms with Gasteiger partial charge in [-0.1, -0.05) is 72.8 Å². The second kappa shape index (κ2) is 8.09. The molecule has 2 amide bonds. The fourth-order valence-corrected chi connectivity index (χ4v) is 3.59. The lowest BCUT2D eigenvalue weighted by molar-refractivity contribution is -0.133. The molecule has 4 heteroatoms. The third-order valence-electron chi connectivity index (χ3n) is 5.07. The first-order valence-corrected chi connectivity index (χ1v) is 9.46. The molecule has 140 valence electrons. The van der Waals surface area contributed by atoms with E-state index in [2.05, 4.69) is 17.4 Å². The standard InChI is InChI=1S/C24H22N2O2/c27-23(19-11-5-2-6-12-19)25-22(15-18-9-3-1-4-10-18)24(28)26-16-20-13-7-8-14-21(20)17-26/h1-14,22H,15-17H2,(H,25,27). The van der Waals surface area contributed by atoms with Gasteiger partial charge in [-0.05, 0) is 28.8 Å². The first kappa shape index (κ1) is 18.0. The summed E-state index contributed by atoms with van der Waals surface area (Å²) in [4.78, 5) is 27.8. The van der Waals surface area contributed by atoms with Gasteiger partial charge in [-0.25, -0.2) is 0 Å². The summed E-state index contributed by atoms with van der Waals surface area (Å²) < 4.78 is 0. The highest BCUT2D eigenvalue weighted by molar-refractivity contribution is 5.97. The molecule has 0 bridgehead atoms. The lowest BCUT2D eigenvalue weighted by Crippen LogP contribution is -2.48. The van der Waals surface area contributed by atoms with Gasteiger partial charge >= 0.3 is 0 Å². The van der Waals surface area contributed by atoms with E-state index < -0.39 is 6.04 Å². The average molecular weight is 370 g/mol. The van der Waals surface area contributed by atoms with Gasteiger partial charge in [0.2, 0.25) is 5.91 Å². The Kier molecular flexibility index (Phi) is 5.20. The van der Waals surface area contributed by atoms with E-state index in [0.29, 0.717) is 25.1 Å². The van der Waals surface area contributed by atoms with Crippen LogP contribution in [0.25, 0.3) is 0 Å². The minimum Gasteiger partial charge on any atom is -0.340 e. The smallest absolute Gasteiger partial charge is 0.251 e. The van der Waals surface area contributed by atoms with Crippen LogP contribution in [0.1, 0.15) is 27.0 Å². The Morgan fingerprint density at radius 1 is 0.786 bits per heavy atom. The largest absolute Gasteiger partial charge is 0.340 e. The Labute approximate surface area is 164 Å². The van der Waals surface area contributed by atoms with Crippen molar-refractivity contribution in [3.05, 3.63) is 107 Å². The van der Waals surface area contributed by atoms with Crippen molar-refractivity contribution >= 4 is 11.8 Å². The van der Waals surface area contributed by atoms with Crippen molar-refractivity contribution in [2.75, 3.05) is 0 Å². The molecule has 1 heterocycles. The van der Waals surface area contributed by atoms with Crippen molar-refractivity contribution in [1.82, 2.24) is 10.2 Å². The molecule has 4 nitrogen and oxygen atoms in total. The summed E-state index contributed by atoms with van der Waals surface area (Å²) in [7, 11) is 0. The molecule has 1 aliphatic rings. The maximum absolute atomic E-state index is 13.3. The van der Waals surface area contributed by atoms with Crippen LogP contribution in [-0.2, 0) is 24.3 Å². The Bertz CT molecular complexity index is 945. The lowest BCUT2D eigenvalue weighted by atomic mass is 10.0. The Morgan fingerprint density at radius 2 is 1.32 bits per heavy atom. The van der Waals surface area contributed by atoms with Gasteiger partial charge in [-0.2, -0.15) is 0 Å². The second-order valence-electron chi connectivity index (χ2n) is 7.04. The monoisotopic (exact) mass is 370 g/mol. The average Bonchev–Trinajstić information content (AvgIpc) is 3.18. The third-order valence-corrected chi connectivity index (χ3v) is 5.07. The summed E-state index contributed by atoms with van der Waals surface area (Å²) in [6, 6.07) is 26.3. The van der Waals surface area contributed by atoms with E-state index in [1.54, 1.807) is 12.1 Å². The summed E-state index contributed by atoms with van der Waals surface area (Å²) in [5, 5.41) is 2.96. The van der Waals surface area contributed by atoms with Crippen LogP contribution in [0.4, 0.5) is 0 Å². The second-order valence-corrected chi connectivity index (χ2v) is 7.04. The van der Waals surface area contributed by atoms with Crippen LogP contribution < -0.4 is 5.32 Å². The number of rotatable bonds is 5. The zero-order valence-electron chi connectivity index (χ0n) is 15.5. The van der Waals surface area contributed by atoms with E-state index in [4.69, 9.17) is 0 Å². The molecule has 0 fully saturated rings. The molecule has 1 unspecified atom stereocenters. The van der Waals surface area contributed by atoms with Crippen LogP contribution in [0, 0.1) is 0 Å². The van der Waals surface area contributed by atoms with Crippen molar-refractivity contribution in [3.63, 3.8) is 0 Å². The fourth-order valence-electron chi connectivity index (χ4n) is 3.59. The van der Waals surface area contributed by atoms with Gasteiger partial charge in [0.05, 0.1) is 0 Å². The topological polar surface area (TPSA) is 49.4 Å². The normalized spacial score (nSPS) is 13.6. The van der Waals surface area contributed by atoms with E-state index in [-0.39, 0.29) is 11.8 Å². The number of nitrogens with zero attached hydrogens (tertiary/aromatic N) is 1. The van der Waals surface area contributed by atoms with Crippen LogP contribution in [0.15, 0.2) is 84.9 Å². The Balaban J connectivity index is 1.54. The highest BCUT2D eigenvalue weighted by atomic mass is 16.2. The molecule has 1 aliphatic heterocycles. The predicted octanol–water partition coefficient (Wildman–Crippen LogP) is 3.57. The molecule has 0 spiro atoms. The quantitative estimate of drug-likeness (QED) is 0.746. The van der Waals surface area contributed by atoms with Gasteiger partial charge in [0.1, 0.15) is 6.04 Å². The minimum absolute atomic E-state index is 0.0515. The van der Waals surface area contributed by atoms with Crippen molar-refractivity contribution in [1.29, 1.82) is 0 Å². The van der Waals surface area contributed by atoms with Crippen LogP contribution in [0.3, 0.4) is 0 Å². The zero-order valence-corrected chi connectivity index (χ0v) is 15.5. The lowest BCUT2D eigenvalue weighted by Gasteiger charge is -2.24. The molecule has 1 atom stereocenters. The first-order chi connectivity index (χ1) is 13.7. The maximum atomic E-state index is 13.3. The van der Waals surface area contributed by atoms with Crippen LogP contribution in [-0.4, -0.2) is 22.8 Å². The number of hydrogen-bond acceptors (Lipinski definition) is 2. The molecule has 3 aromatic rings. The van der Waals surface area contributed by atoms with E-state index in [1.807, 2.05) is 65.6 Å². The van der Waals surface area contributed by atoms with E-state index in [0.717, 1.165) is 5.56 Å². The first-order valence-electron chi connectivity index (χ1n) is 9.46. The summed E-state index contributed by atoms with van der Waals surface area (Å²) >= 11 is 0. The van der Waals surface area contributed by atoms with Gasteiger partial charge < -0.3 is 10.2 Å². The van der Waals surface area contributed by atoms with Gasteiger partial charge in [-0.15, -0.1) is 0 Å². The molecule has 4 rings (SSSR count). The summed E-state index contributed by atoms with van der Waals surface area (Å²) in [6.45, 7) is 1.17. The van der Waals surface area contributed by atoms with Crippen molar-refractivity contribution in [2.45, 2.75) is 25.6 Å². The summed E-state index contributed by atoms with van der Waals surface area (Å²) in [5.41, 5.74) is 3.91. The molecule has 0 saturated carbocycles. The number of benzene rings is 3.